The molecule has 1 fully saturated rings. The lowest BCUT2D eigenvalue weighted by Gasteiger charge is -2.37. The van der Waals surface area contributed by atoms with Gasteiger partial charge in [-0.25, -0.2) is 9.97 Å². The summed E-state index contributed by atoms with van der Waals surface area (Å²) in [5, 5.41) is 4.21. The fourth-order valence-electron chi connectivity index (χ4n) is 2.49. The first-order valence-corrected chi connectivity index (χ1v) is 7.38. The molecule has 2 atom stereocenters. The molecule has 1 aromatic heterocycles. The first-order valence-electron chi connectivity index (χ1n) is 6.50. The van der Waals surface area contributed by atoms with Crippen molar-refractivity contribution >= 4 is 17.7 Å². The molecule has 5 nitrogen and oxygen atoms in total. The molecule has 0 bridgehead atoms. The van der Waals surface area contributed by atoms with Crippen molar-refractivity contribution in [3.63, 3.8) is 0 Å². The summed E-state index contributed by atoms with van der Waals surface area (Å²) in [6.45, 7) is 1.97. The molecule has 1 aliphatic carbocycles. The Kier molecular flexibility index (Phi) is 4.42. The average Bonchev–Trinajstić information content (AvgIpc) is 2.41. The maximum Gasteiger partial charge on any atom is 0.237 e. The number of rotatable bonds is 4. The Morgan fingerprint density at radius 1 is 1.53 bits per heavy atom. The van der Waals surface area contributed by atoms with Crippen molar-refractivity contribution < 1.29 is 4.79 Å². The maximum absolute atomic E-state index is 11.7. The number of hydrogen-bond acceptors (Lipinski definition) is 5. The van der Waals surface area contributed by atoms with Gasteiger partial charge in [-0.3, -0.25) is 4.79 Å². The van der Waals surface area contributed by atoms with Crippen molar-refractivity contribution in [2.45, 2.75) is 48.6 Å². The quantitative estimate of drug-likeness (QED) is 0.812. The summed E-state index contributed by atoms with van der Waals surface area (Å²) in [4.78, 5) is 20.3. The van der Waals surface area contributed by atoms with Gasteiger partial charge < -0.3 is 11.1 Å². The van der Waals surface area contributed by atoms with E-state index in [1.165, 1.54) is 0 Å². The summed E-state index contributed by atoms with van der Waals surface area (Å²) in [6.07, 6.45) is 7.24. The Labute approximate surface area is 117 Å². The smallest absolute Gasteiger partial charge is 0.237 e. The third-order valence-corrected chi connectivity index (χ3v) is 4.84. The minimum atomic E-state index is -0.569. The third-order valence-electron chi connectivity index (χ3n) is 3.69. The number of carbonyl (C=O) groups is 1. The largest absolute Gasteiger partial charge is 0.368 e. The zero-order valence-electron chi connectivity index (χ0n) is 11.3. The molecule has 0 radical (unpaired) electrons. The highest BCUT2D eigenvalue weighted by molar-refractivity contribution is 7.99. The molecule has 2 unspecified atom stereocenters. The second kappa shape index (κ2) is 5.88. The van der Waals surface area contributed by atoms with Crippen molar-refractivity contribution in [1.82, 2.24) is 15.3 Å². The lowest BCUT2D eigenvalue weighted by Crippen LogP contribution is -2.57. The highest BCUT2D eigenvalue weighted by Gasteiger charge is 2.40. The summed E-state index contributed by atoms with van der Waals surface area (Å²) in [6, 6.07) is 0. The average molecular weight is 280 g/mol. The molecule has 1 aliphatic rings. The van der Waals surface area contributed by atoms with Gasteiger partial charge in [0.1, 0.15) is 0 Å². The number of amides is 1. The lowest BCUT2D eigenvalue weighted by atomic mass is 9.81. The second-order valence-electron chi connectivity index (χ2n) is 5.08. The number of nitrogens with two attached hydrogens (primary N) is 1. The van der Waals surface area contributed by atoms with Crippen LogP contribution < -0.4 is 11.1 Å². The SMILES string of the molecule is CNC1(C(N)=O)CCCC(Sc2ncc(C)cn2)C1. The van der Waals surface area contributed by atoms with Crippen LogP contribution in [-0.2, 0) is 4.79 Å². The number of likely N-dealkylation sites (N-methyl/N-ethyl adjacent to an activating group) is 1. The van der Waals surface area contributed by atoms with E-state index in [0.717, 1.165) is 36.4 Å². The topological polar surface area (TPSA) is 80.9 Å². The van der Waals surface area contributed by atoms with Crippen LogP contribution in [0.4, 0.5) is 0 Å². The molecule has 0 spiro atoms. The van der Waals surface area contributed by atoms with Crippen molar-refractivity contribution in [3.8, 4) is 0 Å². The van der Waals surface area contributed by atoms with E-state index >= 15 is 0 Å². The van der Waals surface area contributed by atoms with E-state index in [1.54, 1.807) is 18.8 Å². The summed E-state index contributed by atoms with van der Waals surface area (Å²) < 4.78 is 0. The molecule has 104 valence electrons. The molecule has 1 amide bonds. The van der Waals surface area contributed by atoms with E-state index < -0.39 is 5.54 Å². The molecule has 3 N–H and O–H groups in total. The van der Waals surface area contributed by atoms with Crippen molar-refractivity contribution in [1.29, 1.82) is 0 Å². The van der Waals surface area contributed by atoms with Crippen LogP contribution in [0.3, 0.4) is 0 Å². The van der Waals surface area contributed by atoms with Crippen molar-refractivity contribution in [2.24, 2.45) is 5.73 Å². The van der Waals surface area contributed by atoms with Gasteiger partial charge >= 0.3 is 0 Å². The molecule has 0 aliphatic heterocycles. The van der Waals surface area contributed by atoms with Crippen LogP contribution in [0.2, 0.25) is 0 Å². The zero-order valence-corrected chi connectivity index (χ0v) is 12.2. The number of hydrogen-bond donors (Lipinski definition) is 2. The van der Waals surface area contributed by atoms with Gasteiger partial charge in [-0.05, 0) is 45.2 Å². The molecule has 2 rings (SSSR count). The van der Waals surface area contributed by atoms with Crippen LogP contribution in [0.25, 0.3) is 0 Å². The minimum Gasteiger partial charge on any atom is -0.368 e. The fraction of sp³-hybridized carbons (Fsp3) is 0.615. The van der Waals surface area contributed by atoms with Crippen LogP contribution in [0.15, 0.2) is 17.6 Å². The third kappa shape index (κ3) is 3.25. The van der Waals surface area contributed by atoms with Crippen LogP contribution in [0, 0.1) is 6.92 Å². The Balaban J connectivity index is 2.05. The summed E-state index contributed by atoms with van der Waals surface area (Å²) in [7, 11) is 1.81. The van der Waals surface area contributed by atoms with E-state index in [1.807, 2.05) is 19.3 Å². The van der Waals surface area contributed by atoms with Crippen molar-refractivity contribution in [2.75, 3.05) is 7.05 Å². The number of primary amides is 1. The van der Waals surface area contributed by atoms with E-state index in [0.29, 0.717) is 5.25 Å². The predicted octanol–water partition coefficient (Wildman–Crippen LogP) is 1.26. The highest BCUT2D eigenvalue weighted by atomic mass is 32.2. The van der Waals surface area contributed by atoms with Crippen LogP contribution in [-0.4, -0.2) is 33.7 Å². The summed E-state index contributed by atoms with van der Waals surface area (Å²) >= 11 is 1.64. The normalized spacial score (nSPS) is 27.2. The number of carbonyl (C=O) groups excluding carboxylic acids is 1. The van der Waals surface area contributed by atoms with E-state index in [4.69, 9.17) is 5.73 Å². The Hall–Kier alpha value is -1.14. The Morgan fingerprint density at radius 2 is 2.21 bits per heavy atom. The van der Waals surface area contributed by atoms with Gasteiger partial charge in [-0.15, -0.1) is 0 Å². The fourth-order valence-corrected chi connectivity index (χ4v) is 3.67. The minimum absolute atomic E-state index is 0.259. The van der Waals surface area contributed by atoms with E-state index in [9.17, 15) is 4.79 Å². The molecule has 6 heteroatoms. The van der Waals surface area contributed by atoms with Crippen LogP contribution >= 0.6 is 11.8 Å². The van der Waals surface area contributed by atoms with Gasteiger partial charge in [0.2, 0.25) is 5.91 Å². The van der Waals surface area contributed by atoms with E-state index in [2.05, 4.69) is 15.3 Å². The van der Waals surface area contributed by atoms with Gasteiger partial charge in [-0.1, -0.05) is 11.8 Å². The molecule has 1 saturated carbocycles. The van der Waals surface area contributed by atoms with Gasteiger partial charge in [0.25, 0.3) is 0 Å². The first-order chi connectivity index (χ1) is 9.05. The summed E-state index contributed by atoms with van der Waals surface area (Å²) in [5.74, 6) is -0.259. The monoisotopic (exact) mass is 280 g/mol. The van der Waals surface area contributed by atoms with Gasteiger partial charge in [0, 0.05) is 17.6 Å². The number of nitrogens with one attached hydrogen (secondary N) is 1. The van der Waals surface area contributed by atoms with Gasteiger partial charge in [0.05, 0.1) is 5.54 Å². The molecule has 1 heterocycles. The molecular formula is C13H20N4OS. The predicted molar refractivity (Wildman–Crippen MR) is 75.9 cm³/mol. The zero-order chi connectivity index (χ0) is 13.9. The van der Waals surface area contributed by atoms with Crippen molar-refractivity contribution in [3.05, 3.63) is 18.0 Å². The number of aryl methyl sites for hydroxylation is 1. The van der Waals surface area contributed by atoms with Gasteiger partial charge in [0.15, 0.2) is 5.16 Å². The molecular weight excluding hydrogens is 260 g/mol. The number of thioether (sulfide) groups is 1. The molecule has 0 aromatic carbocycles. The first kappa shape index (κ1) is 14.3. The summed E-state index contributed by atoms with van der Waals surface area (Å²) in [5.41, 5.74) is 6.03. The Morgan fingerprint density at radius 3 is 2.79 bits per heavy atom. The lowest BCUT2D eigenvalue weighted by molar-refractivity contribution is -0.125. The maximum atomic E-state index is 11.7. The van der Waals surface area contributed by atoms with E-state index in [-0.39, 0.29) is 5.91 Å². The number of aromatic nitrogens is 2. The molecule has 19 heavy (non-hydrogen) atoms. The molecule has 0 saturated heterocycles. The number of nitrogens with zero attached hydrogens (tertiary/aromatic N) is 2. The van der Waals surface area contributed by atoms with Gasteiger partial charge in [-0.2, -0.15) is 0 Å². The Bertz CT molecular complexity index is 450. The standard InChI is InChI=1S/C13H20N4OS/c1-9-7-16-12(17-8-9)19-10-4-3-5-13(6-10,15-2)11(14)18/h7-8,10,15H,3-6H2,1-2H3,(H2,14,18). The van der Waals surface area contributed by atoms with Crippen LogP contribution in [0.1, 0.15) is 31.2 Å². The second-order valence-corrected chi connectivity index (χ2v) is 6.34. The van der Waals surface area contributed by atoms with Crippen LogP contribution in [0.5, 0.6) is 0 Å². The molecule has 1 aromatic rings. The highest BCUT2D eigenvalue weighted by Crippen LogP contribution is 2.36.